The number of hydrogen-bond acceptors (Lipinski definition) is 6. The summed E-state index contributed by atoms with van der Waals surface area (Å²) in [6.07, 6.45) is 0.768. The van der Waals surface area contributed by atoms with Crippen LogP contribution in [0.4, 0.5) is 11.4 Å². The number of carbonyl (C=O) groups excluding carboxylic acids is 1. The molecule has 4 rings (SSSR count). The van der Waals surface area contributed by atoms with Gasteiger partial charge in [0.25, 0.3) is 5.69 Å². The van der Waals surface area contributed by atoms with Gasteiger partial charge in [-0.05, 0) is 47.4 Å². The van der Waals surface area contributed by atoms with Crippen molar-refractivity contribution < 1.29 is 19.2 Å². The zero-order valence-electron chi connectivity index (χ0n) is 18.5. The van der Waals surface area contributed by atoms with Crippen LogP contribution in [0.1, 0.15) is 22.7 Å². The van der Waals surface area contributed by atoms with Gasteiger partial charge in [-0.1, -0.05) is 30.3 Å². The van der Waals surface area contributed by atoms with Gasteiger partial charge in [0.2, 0.25) is 5.91 Å². The summed E-state index contributed by atoms with van der Waals surface area (Å²) in [5.41, 5.74) is 3.82. The Hall–Kier alpha value is -3.91. The quantitative estimate of drug-likeness (QED) is 0.431. The van der Waals surface area contributed by atoms with E-state index in [1.54, 1.807) is 14.2 Å². The fourth-order valence-corrected chi connectivity index (χ4v) is 4.25. The molecular formula is C25H25N3O5. The molecule has 33 heavy (non-hydrogen) atoms. The van der Waals surface area contributed by atoms with E-state index in [2.05, 4.69) is 22.3 Å². The molecule has 0 unspecified atom stereocenters. The lowest BCUT2D eigenvalue weighted by Crippen LogP contribution is -2.41. The monoisotopic (exact) mass is 447 g/mol. The second-order valence-electron chi connectivity index (χ2n) is 7.79. The van der Waals surface area contributed by atoms with Crippen LogP contribution in [0.5, 0.6) is 11.5 Å². The highest BCUT2D eigenvalue weighted by atomic mass is 16.6. The number of amides is 1. The summed E-state index contributed by atoms with van der Waals surface area (Å²) in [5, 5.41) is 13.7. The number of carbonyl (C=O) groups is 1. The Bertz CT molecular complexity index is 1150. The van der Waals surface area contributed by atoms with Gasteiger partial charge in [0.1, 0.15) is 0 Å². The Morgan fingerprint density at radius 2 is 1.73 bits per heavy atom. The van der Waals surface area contributed by atoms with E-state index in [0.29, 0.717) is 23.7 Å². The van der Waals surface area contributed by atoms with Crippen LogP contribution >= 0.6 is 0 Å². The molecule has 1 aliphatic rings. The molecule has 0 bridgehead atoms. The molecule has 0 spiro atoms. The zero-order chi connectivity index (χ0) is 23.4. The average molecular weight is 447 g/mol. The number of ether oxygens (including phenoxy) is 2. The standard InChI is InChI=1S/C25H25N3O5/c1-32-22-14-18-12-13-27(16-24(29)26-19-8-10-20(11-9-19)28(30)31)25(17-6-4-3-5-7-17)21(18)15-23(22)33-2/h3-11,14-15,25H,12-13,16H2,1-2H3,(H,26,29)/t25-/m1/s1. The van der Waals surface area contributed by atoms with E-state index in [1.165, 1.54) is 24.3 Å². The molecule has 1 aliphatic heterocycles. The summed E-state index contributed by atoms with van der Waals surface area (Å²) in [7, 11) is 3.23. The van der Waals surface area contributed by atoms with Crippen molar-refractivity contribution in [3.8, 4) is 11.5 Å². The first-order valence-corrected chi connectivity index (χ1v) is 10.6. The van der Waals surface area contributed by atoms with Gasteiger partial charge in [-0.25, -0.2) is 0 Å². The van der Waals surface area contributed by atoms with E-state index in [1.807, 2.05) is 30.3 Å². The van der Waals surface area contributed by atoms with Gasteiger partial charge in [-0.15, -0.1) is 0 Å². The number of rotatable bonds is 7. The van der Waals surface area contributed by atoms with Crippen LogP contribution in [0.25, 0.3) is 0 Å². The molecule has 1 heterocycles. The molecule has 0 radical (unpaired) electrons. The van der Waals surface area contributed by atoms with Crippen LogP contribution in [-0.2, 0) is 11.2 Å². The van der Waals surface area contributed by atoms with Gasteiger partial charge in [0.05, 0.1) is 31.7 Å². The Morgan fingerprint density at radius 3 is 2.36 bits per heavy atom. The molecule has 170 valence electrons. The third-order valence-electron chi connectivity index (χ3n) is 5.80. The minimum absolute atomic E-state index is 0.0193. The normalized spacial score (nSPS) is 15.4. The number of nitro benzene ring substituents is 1. The minimum Gasteiger partial charge on any atom is -0.493 e. The van der Waals surface area contributed by atoms with Crippen molar-refractivity contribution in [3.05, 3.63) is 93.5 Å². The van der Waals surface area contributed by atoms with Crippen LogP contribution in [0.3, 0.4) is 0 Å². The number of nitrogens with zero attached hydrogens (tertiary/aromatic N) is 2. The van der Waals surface area contributed by atoms with Crippen LogP contribution in [0, 0.1) is 10.1 Å². The highest BCUT2D eigenvalue weighted by molar-refractivity contribution is 5.92. The first kappa shape index (κ1) is 22.3. The number of hydrogen-bond donors (Lipinski definition) is 1. The summed E-state index contributed by atoms with van der Waals surface area (Å²) < 4.78 is 11.0. The number of fused-ring (bicyclic) bond motifs is 1. The largest absolute Gasteiger partial charge is 0.493 e. The molecule has 1 atom stereocenters. The van der Waals surface area contributed by atoms with Gasteiger partial charge in [-0.3, -0.25) is 19.8 Å². The Balaban J connectivity index is 1.61. The highest BCUT2D eigenvalue weighted by Crippen LogP contribution is 2.40. The summed E-state index contributed by atoms with van der Waals surface area (Å²) in [6.45, 7) is 0.861. The van der Waals surface area contributed by atoms with Crippen molar-refractivity contribution in [2.75, 3.05) is 32.6 Å². The molecule has 0 fully saturated rings. The summed E-state index contributed by atoms with van der Waals surface area (Å²) in [4.78, 5) is 25.4. The lowest BCUT2D eigenvalue weighted by Gasteiger charge is -2.37. The highest BCUT2D eigenvalue weighted by Gasteiger charge is 2.31. The zero-order valence-corrected chi connectivity index (χ0v) is 18.5. The number of nitrogens with one attached hydrogen (secondary N) is 1. The number of methoxy groups -OCH3 is 2. The van der Waals surface area contributed by atoms with Crippen LogP contribution in [0.2, 0.25) is 0 Å². The summed E-state index contributed by atoms with van der Waals surface area (Å²) >= 11 is 0. The van der Waals surface area contributed by atoms with E-state index in [-0.39, 0.29) is 24.2 Å². The fourth-order valence-electron chi connectivity index (χ4n) is 4.25. The van der Waals surface area contributed by atoms with Crippen molar-refractivity contribution in [3.63, 3.8) is 0 Å². The van der Waals surface area contributed by atoms with Crippen LogP contribution in [-0.4, -0.2) is 43.0 Å². The van der Waals surface area contributed by atoms with Gasteiger partial charge >= 0.3 is 0 Å². The summed E-state index contributed by atoms with van der Waals surface area (Å²) in [6, 6.07) is 19.7. The van der Waals surface area contributed by atoms with Gasteiger partial charge in [0.15, 0.2) is 11.5 Å². The van der Waals surface area contributed by atoms with E-state index in [9.17, 15) is 14.9 Å². The topological polar surface area (TPSA) is 93.9 Å². The minimum atomic E-state index is -0.468. The molecule has 1 N–H and O–H groups in total. The fraction of sp³-hybridized carbons (Fsp3) is 0.240. The molecule has 8 heteroatoms. The molecule has 0 saturated heterocycles. The van der Waals surface area contributed by atoms with Gasteiger partial charge in [0, 0.05) is 24.4 Å². The third-order valence-corrected chi connectivity index (χ3v) is 5.80. The SMILES string of the molecule is COc1cc2c(cc1OC)[C@@H](c1ccccc1)N(CC(=O)Nc1ccc([N+](=O)[O-])cc1)CC2. The number of nitro groups is 1. The maximum Gasteiger partial charge on any atom is 0.269 e. The second-order valence-corrected chi connectivity index (χ2v) is 7.79. The van der Waals surface area contributed by atoms with Crippen molar-refractivity contribution >= 4 is 17.3 Å². The van der Waals surface area contributed by atoms with E-state index in [4.69, 9.17) is 9.47 Å². The smallest absolute Gasteiger partial charge is 0.269 e. The van der Waals surface area contributed by atoms with Gasteiger partial charge in [-0.2, -0.15) is 0 Å². The Morgan fingerprint density at radius 1 is 1.06 bits per heavy atom. The first-order chi connectivity index (χ1) is 16.0. The second kappa shape index (κ2) is 9.70. The lowest BCUT2D eigenvalue weighted by atomic mass is 9.87. The molecule has 0 saturated carbocycles. The average Bonchev–Trinajstić information content (AvgIpc) is 2.83. The Labute approximate surface area is 191 Å². The molecule has 3 aromatic carbocycles. The maximum absolute atomic E-state index is 12.9. The van der Waals surface area contributed by atoms with E-state index >= 15 is 0 Å². The van der Waals surface area contributed by atoms with E-state index in [0.717, 1.165) is 23.1 Å². The maximum atomic E-state index is 12.9. The number of benzene rings is 3. The molecule has 0 aliphatic carbocycles. The van der Waals surface area contributed by atoms with Gasteiger partial charge < -0.3 is 14.8 Å². The number of non-ortho nitro benzene ring substituents is 1. The molecule has 8 nitrogen and oxygen atoms in total. The van der Waals surface area contributed by atoms with Crippen molar-refractivity contribution in [2.24, 2.45) is 0 Å². The third kappa shape index (κ3) is 4.80. The molecular weight excluding hydrogens is 422 g/mol. The number of anilines is 1. The van der Waals surface area contributed by atoms with Crippen LogP contribution in [0.15, 0.2) is 66.7 Å². The van der Waals surface area contributed by atoms with Crippen molar-refractivity contribution in [1.29, 1.82) is 0 Å². The molecule has 3 aromatic rings. The lowest BCUT2D eigenvalue weighted by molar-refractivity contribution is -0.384. The van der Waals surface area contributed by atoms with Crippen molar-refractivity contribution in [1.82, 2.24) is 4.90 Å². The van der Waals surface area contributed by atoms with Crippen molar-refractivity contribution in [2.45, 2.75) is 12.5 Å². The predicted octanol–water partition coefficient (Wildman–Crippen LogP) is 4.20. The Kier molecular flexibility index (Phi) is 6.55. The molecule has 0 aromatic heterocycles. The van der Waals surface area contributed by atoms with Crippen LogP contribution < -0.4 is 14.8 Å². The predicted molar refractivity (Wildman–Crippen MR) is 125 cm³/mol. The van der Waals surface area contributed by atoms with E-state index < -0.39 is 4.92 Å². The molecule has 1 amide bonds. The first-order valence-electron chi connectivity index (χ1n) is 10.6. The summed E-state index contributed by atoms with van der Waals surface area (Å²) in [5.74, 6) is 1.15.